The van der Waals surface area contributed by atoms with Crippen molar-refractivity contribution in [1.82, 2.24) is 15.1 Å². The Kier molecular flexibility index (Phi) is 4.48. The van der Waals surface area contributed by atoms with Crippen LogP contribution in [0.25, 0.3) is 0 Å². The minimum atomic E-state index is 0.594. The summed E-state index contributed by atoms with van der Waals surface area (Å²) in [6, 6.07) is 2.73. The number of hydrogen-bond acceptors (Lipinski definition) is 3. The van der Waals surface area contributed by atoms with E-state index in [4.69, 9.17) is 0 Å². The van der Waals surface area contributed by atoms with E-state index in [9.17, 15) is 0 Å². The molecular weight excluding hydrogens is 194 g/mol. The molecule has 0 radical (unpaired) electrons. The van der Waals surface area contributed by atoms with Crippen LogP contribution in [0.3, 0.4) is 0 Å². The minimum absolute atomic E-state index is 0.594. The Morgan fingerprint density at radius 1 is 1.64 bits per heavy atom. The number of hydrogen-bond donors (Lipinski definition) is 1. The van der Waals surface area contributed by atoms with Crippen molar-refractivity contribution in [2.24, 2.45) is 7.05 Å². The van der Waals surface area contributed by atoms with Gasteiger partial charge in [-0.25, -0.2) is 0 Å². The molecule has 0 aromatic carbocycles. The Morgan fingerprint density at radius 3 is 2.86 bits per heavy atom. The molecule has 0 bridgehead atoms. The van der Waals surface area contributed by atoms with Gasteiger partial charge < -0.3 is 5.32 Å². The molecule has 0 aliphatic carbocycles. The van der Waals surface area contributed by atoms with Crippen molar-refractivity contribution < 1.29 is 0 Å². The standard InChI is InChI=1S/C10H19N3S/c1-8(11-3)5-6-14-10-7-9(2)12-13(10)4/h7-8,11H,5-6H2,1-4H3. The highest BCUT2D eigenvalue weighted by atomic mass is 32.2. The Bertz CT molecular complexity index is 283. The molecule has 0 saturated heterocycles. The smallest absolute Gasteiger partial charge is 0.0939 e. The third-order valence-electron chi connectivity index (χ3n) is 2.25. The summed E-state index contributed by atoms with van der Waals surface area (Å²) >= 11 is 1.87. The average molecular weight is 213 g/mol. The molecule has 0 aliphatic heterocycles. The molecule has 1 rings (SSSR count). The molecule has 1 unspecified atom stereocenters. The average Bonchev–Trinajstić information content (AvgIpc) is 2.45. The first-order valence-electron chi connectivity index (χ1n) is 4.94. The normalized spacial score (nSPS) is 13.1. The molecule has 0 spiro atoms. The topological polar surface area (TPSA) is 29.9 Å². The zero-order valence-electron chi connectivity index (χ0n) is 9.37. The van der Waals surface area contributed by atoms with Crippen LogP contribution in [0, 0.1) is 6.92 Å². The van der Waals surface area contributed by atoms with Crippen LogP contribution in [-0.2, 0) is 7.05 Å². The van der Waals surface area contributed by atoms with Gasteiger partial charge in [-0.2, -0.15) is 5.10 Å². The summed E-state index contributed by atoms with van der Waals surface area (Å²) in [4.78, 5) is 0. The van der Waals surface area contributed by atoms with E-state index in [0.29, 0.717) is 6.04 Å². The first kappa shape index (κ1) is 11.6. The highest BCUT2D eigenvalue weighted by Gasteiger charge is 2.03. The van der Waals surface area contributed by atoms with Gasteiger partial charge in [0.1, 0.15) is 0 Å². The van der Waals surface area contributed by atoms with Crippen molar-refractivity contribution in [3.63, 3.8) is 0 Å². The minimum Gasteiger partial charge on any atom is -0.317 e. The summed E-state index contributed by atoms with van der Waals surface area (Å²) < 4.78 is 1.95. The second kappa shape index (κ2) is 5.41. The van der Waals surface area contributed by atoms with Crippen molar-refractivity contribution in [3.05, 3.63) is 11.8 Å². The second-order valence-corrected chi connectivity index (χ2v) is 4.69. The van der Waals surface area contributed by atoms with Crippen molar-refractivity contribution in [1.29, 1.82) is 0 Å². The van der Waals surface area contributed by atoms with Crippen LogP contribution in [-0.4, -0.2) is 28.6 Å². The molecule has 0 aliphatic rings. The summed E-state index contributed by atoms with van der Waals surface area (Å²) in [6.07, 6.45) is 1.19. The Morgan fingerprint density at radius 2 is 2.36 bits per heavy atom. The van der Waals surface area contributed by atoms with Gasteiger partial charge in [-0.1, -0.05) is 0 Å². The Labute approximate surface area is 90.3 Å². The summed E-state index contributed by atoms with van der Waals surface area (Å²) in [5.41, 5.74) is 1.09. The Balaban J connectivity index is 2.34. The predicted molar refractivity (Wildman–Crippen MR) is 61.8 cm³/mol. The number of aromatic nitrogens is 2. The lowest BCUT2D eigenvalue weighted by Crippen LogP contribution is -2.21. The third kappa shape index (κ3) is 3.35. The number of thioether (sulfide) groups is 1. The van der Waals surface area contributed by atoms with Gasteiger partial charge in [0.2, 0.25) is 0 Å². The number of rotatable bonds is 5. The van der Waals surface area contributed by atoms with Gasteiger partial charge >= 0.3 is 0 Å². The lowest BCUT2D eigenvalue weighted by Gasteiger charge is -2.08. The van der Waals surface area contributed by atoms with Gasteiger partial charge in [0.15, 0.2) is 0 Å². The van der Waals surface area contributed by atoms with Crippen LogP contribution in [0.1, 0.15) is 19.0 Å². The molecule has 1 aromatic heterocycles. The monoisotopic (exact) mass is 213 g/mol. The highest BCUT2D eigenvalue weighted by Crippen LogP contribution is 2.19. The predicted octanol–water partition coefficient (Wildman–Crippen LogP) is 1.82. The molecular formula is C10H19N3S. The van der Waals surface area contributed by atoms with Crippen LogP contribution < -0.4 is 5.32 Å². The Hall–Kier alpha value is -0.480. The van der Waals surface area contributed by atoms with Crippen molar-refractivity contribution >= 4 is 11.8 Å². The lowest BCUT2D eigenvalue weighted by atomic mass is 10.3. The van der Waals surface area contributed by atoms with Crippen molar-refractivity contribution in [2.75, 3.05) is 12.8 Å². The maximum atomic E-state index is 4.31. The van der Waals surface area contributed by atoms with Crippen molar-refractivity contribution in [3.8, 4) is 0 Å². The van der Waals surface area contributed by atoms with Gasteiger partial charge in [0.05, 0.1) is 10.7 Å². The molecule has 1 aromatic rings. The largest absolute Gasteiger partial charge is 0.317 e. The molecule has 1 N–H and O–H groups in total. The van der Waals surface area contributed by atoms with Gasteiger partial charge in [0.25, 0.3) is 0 Å². The molecule has 0 amide bonds. The maximum Gasteiger partial charge on any atom is 0.0939 e. The third-order valence-corrected chi connectivity index (χ3v) is 3.37. The van der Waals surface area contributed by atoms with E-state index in [1.54, 1.807) is 0 Å². The summed E-state index contributed by atoms with van der Waals surface area (Å²) in [7, 11) is 4.00. The summed E-state index contributed by atoms with van der Waals surface area (Å²) in [6.45, 7) is 4.23. The van der Waals surface area contributed by atoms with Gasteiger partial charge in [0, 0.05) is 18.8 Å². The van der Waals surface area contributed by atoms with Gasteiger partial charge in [-0.3, -0.25) is 4.68 Å². The molecule has 14 heavy (non-hydrogen) atoms. The van der Waals surface area contributed by atoms with Crippen LogP contribution >= 0.6 is 11.8 Å². The number of aryl methyl sites for hydroxylation is 2. The molecule has 3 nitrogen and oxygen atoms in total. The molecule has 1 heterocycles. The van der Waals surface area contributed by atoms with Crippen molar-refractivity contribution in [2.45, 2.75) is 31.3 Å². The zero-order valence-corrected chi connectivity index (χ0v) is 10.2. The fourth-order valence-electron chi connectivity index (χ4n) is 1.21. The van der Waals surface area contributed by atoms with Gasteiger partial charge in [-0.05, 0) is 33.4 Å². The summed E-state index contributed by atoms with van der Waals surface area (Å²) in [5.74, 6) is 1.14. The van der Waals surface area contributed by atoms with Crippen LogP contribution in [0.4, 0.5) is 0 Å². The molecule has 80 valence electrons. The molecule has 0 fully saturated rings. The van der Waals surface area contributed by atoms with Crippen LogP contribution in [0.2, 0.25) is 0 Å². The molecule has 0 saturated carbocycles. The highest BCUT2D eigenvalue weighted by molar-refractivity contribution is 7.99. The van der Waals surface area contributed by atoms with E-state index in [1.807, 2.05) is 37.5 Å². The first-order valence-corrected chi connectivity index (χ1v) is 5.92. The summed E-state index contributed by atoms with van der Waals surface area (Å²) in [5, 5.41) is 8.80. The maximum absolute atomic E-state index is 4.31. The first-order chi connectivity index (χ1) is 6.63. The quantitative estimate of drug-likeness (QED) is 0.757. The van der Waals surface area contributed by atoms with Crippen LogP contribution in [0.5, 0.6) is 0 Å². The van der Waals surface area contributed by atoms with Crippen LogP contribution in [0.15, 0.2) is 11.1 Å². The van der Waals surface area contributed by atoms with E-state index < -0.39 is 0 Å². The number of nitrogens with zero attached hydrogens (tertiary/aromatic N) is 2. The SMILES string of the molecule is CNC(C)CCSc1cc(C)nn1C. The molecule has 1 atom stereocenters. The fraction of sp³-hybridized carbons (Fsp3) is 0.700. The molecule has 4 heteroatoms. The van der Waals surface area contributed by atoms with E-state index in [-0.39, 0.29) is 0 Å². The van der Waals surface area contributed by atoms with E-state index in [1.165, 1.54) is 11.4 Å². The van der Waals surface area contributed by atoms with E-state index in [2.05, 4.69) is 23.4 Å². The number of nitrogens with one attached hydrogen (secondary N) is 1. The lowest BCUT2D eigenvalue weighted by molar-refractivity contribution is 0.597. The second-order valence-electron chi connectivity index (χ2n) is 3.57. The van der Waals surface area contributed by atoms with E-state index in [0.717, 1.165) is 11.4 Å². The fourth-order valence-corrected chi connectivity index (χ4v) is 2.37. The van der Waals surface area contributed by atoms with E-state index >= 15 is 0 Å². The van der Waals surface area contributed by atoms with Gasteiger partial charge in [-0.15, -0.1) is 11.8 Å². The zero-order chi connectivity index (χ0) is 10.6.